The van der Waals surface area contributed by atoms with Gasteiger partial charge in [0.1, 0.15) is 19.3 Å². The van der Waals surface area contributed by atoms with Crippen molar-refractivity contribution in [1.29, 1.82) is 0 Å². The van der Waals surface area contributed by atoms with Gasteiger partial charge >= 0.3 is 11.9 Å². The molecule has 0 aliphatic carbocycles. The molecule has 2 N–H and O–H groups in total. The molecule has 0 spiro atoms. The molecule has 0 rings (SSSR count). The second-order valence-electron chi connectivity index (χ2n) is 11.6. The molecule has 1 unspecified atom stereocenters. The van der Waals surface area contributed by atoms with Crippen molar-refractivity contribution in [1.82, 2.24) is 0 Å². The molecule has 0 bridgehead atoms. The van der Waals surface area contributed by atoms with Gasteiger partial charge in [-0.3, -0.25) is 9.59 Å². The van der Waals surface area contributed by atoms with E-state index in [1.54, 1.807) is 6.08 Å². The van der Waals surface area contributed by atoms with Gasteiger partial charge in [-0.1, -0.05) is 133 Å². The Balaban J connectivity index is 3.71. The molecule has 0 heterocycles. The van der Waals surface area contributed by atoms with Crippen molar-refractivity contribution >= 4 is 11.9 Å². The van der Waals surface area contributed by atoms with E-state index in [0.717, 1.165) is 50.9 Å². The van der Waals surface area contributed by atoms with Crippen LogP contribution in [0.5, 0.6) is 0 Å². The van der Waals surface area contributed by atoms with Crippen LogP contribution in [-0.2, 0) is 19.1 Å². The molecule has 0 fully saturated rings. The van der Waals surface area contributed by atoms with Crippen LogP contribution in [0.3, 0.4) is 0 Å². The van der Waals surface area contributed by atoms with Crippen molar-refractivity contribution in [3.8, 4) is 0 Å². The summed E-state index contributed by atoms with van der Waals surface area (Å²) in [4.78, 5) is 23.8. The van der Waals surface area contributed by atoms with E-state index in [1.165, 1.54) is 38.5 Å². The topological polar surface area (TPSA) is 93.1 Å². The molecule has 6 heteroatoms. The Kier molecular flexibility index (Phi) is 29.2. The number of esters is 2. The van der Waals surface area contributed by atoms with Crippen LogP contribution in [0.2, 0.25) is 0 Å². The fourth-order valence-corrected chi connectivity index (χ4v) is 4.24. The predicted octanol–water partition coefficient (Wildman–Crippen LogP) is 8.88. The highest BCUT2D eigenvalue weighted by Crippen LogP contribution is 2.13. The van der Waals surface area contributed by atoms with Crippen LogP contribution in [-0.4, -0.2) is 47.6 Å². The van der Waals surface area contributed by atoms with Crippen molar-refractivity contribution in [3.05, 3.63) is 60.8 Å². The van der Waals surface area contributed by atoms with E-state index in [2.05, 4.69) is 57.2 Å². The Labute approximate surface area is 263 Å². The number of aliphatic hydroxyl groups is 2. The van der Waals surface area contributed by atoms with Crippen molar-refractivity contribution < 1.29 is 29.3 Å². The van der Waals surface area contributed by atoms with Gasteiger partial charge in [-0.2, -0.15) is 0 Å². The van der Waals surface area contributed by atoms with Crippen LogP contribution in [0.4, 0.5) is 0 Å². The van der Waals surface area contributed by atoms with Crippen LogP contribution >= 0.6 is 0 Å². The summed E-state index contributed by atoms with van der Waals surface area (Å²) in [5.74, 6) is 0.0231. The van der Waals surface area contributed by atoms with Gasteiger partial charge in [0.15, 0.2) is 0 Å². The minimum atomic E-state index is -1.04. The molecule has 0 aliphatic rings. The lowest BCUT2D eigenvalue weighted by Crippen LogP contribution is -2.25. The van der Waals surface area contributed by atoms with Crippen LogP contribution < -0.4 is 0 Å². The number of hydrogen-bond donors (Lipinski definition) is 2. The van der Waals surface area contributed by atoms with Gasteiger partial charge in [-0.25, -0.2) is 0 Å². The SMILES string of the molecule is CC/C=C\C/C=C\C/C=C\C/C=C\C=C\C(O)CCCC(=O)OC[C@@H](O)COC(=O)CCCCCCCCCCC(C)C. The minimum absolute atomic E-state index is 0.152. The smallest absolute Gasteiger partial charge is 0.305 e. The molecule has 6 nitrogen and oxygen atoms in total. The molecular formula is C37H62O6. The summed E-state index contributed by atoms with van der Waals surface area (Å²) < 4.78 is 10.2. The highest BCUT2D eigenvalue weighted by Gasteiger charge is 2.12. The highest BCUT2D eigenvalue weighted by atomic mass is 16.6. The fraction of sp³-hybridized carbons (Fsp3) is 0.676. The van der Waals surface area contributed by atoms with Crippen LogP contribution in [0.25, 0.3) is 0 Å². The normalized spacial score (nSPS) is 13.8. The average molecular weight is 603 g/mol. The van der Waals surface area contributed by atoms with Crippen molar-refractivity contribution in [2.24, 2.45) is 5.92 Å². The Morgan fingerprint density at radius 1 is 0.605 bits per heavy atom. The maximum absolute atomic E-state index is 11.9. The summed E-state index contributed by atoms with van der Waals surface area (Å²) in [6.45, 7) is 6.28. The lowest BCUT2D eigenvalue weighted by Gasteiger charge is -2.12. The highest BCUT2D eigenvalue weighted by molar-refractivity contribution is 5.69. The van der Waals surface area contributed by atoms with Crippen LogP contribution in [0.1, 0.15) is 130 Å². The number of unbranched alkanes of at least 4 members (excludes halogenated alkanes) is 7. The number of carbonyl (C=O) groups excluding carboxylic acids is 2. The van der Waals surface area contributed by atoms with Gasteiger partial charge in [0.25, 0.3) is 0 Å². The van der Waals surface area contributed by atoms with Gasteiger partial charge in [-0.15, -0.1) is 0 Å². The predicted molar refractivity (Wildman–Crippen MR) is 179 cm³/mol. The maximum atomic E-state index is 11.9. The van der Waals surface area contributed by atoms with Crippen LogP contribution in [0.15, 0.2) is 60.8 Å². The number of aliphatic hydroxyl groups excluding tert-OH is 2. The fourth-order valence-electron chi connectivity index (χ4n) is 4.24. The summed E-state index contributed by atoms with van der Waals surface area (Å²) in [6, 6.07) is 0. The summed E-state index contributed by atoms with van der Waals surface area (Å²) in [5.41, 5.74) is 0. The van der Waals surface area contributed by atoms with Gasteiger partial charge in [0, 0.05) is 12.8 Å². The average Bonchev–Trinajstić information content (AvgIpc) is 2.98. The minimum Gasteiger partial charge on any atom is -0.463 e. The van der Waals surface area contributed by atoms with Crippen LogP contribution in [0, 0.1) is 5.92 Å². The molecule has 0 aromatic heterocycles. The van der Waals surface area contributed by atoms with E-state index in [-0.39, 0.29) is 25.6 Å². The number of rotatable bonds is 28. The summed E-state index contributed by atoms with van der Waals surface area (Å²) in [7, 11) is 0. The molecule has 0 aliphatic heterocycles. The lowest BCUT2D eigenvalue weighted by atomic mass is 10.0. The largest absolute Gasteiger partial charge is 0.463 e. The quantitative estimate of drug-likeness (QED) is 0.0402. The van der Waals surface area contributed by atoms with E-state index in [0.29, 0.717) is 19.3 Å². The van der Waals surface area contributed by atoms with Crippen molar-refractivity contribution in [2.45, 2.75) is 142 Å². The van der Waals surface area contributed by atoms with E-state index in [1.807, 2.05) is 18.2 Å². The first-order chi connectivity index (χ1) is 20.8. The van der Waals surface area contributed by atoms with Gasteiger partial charge in [0.2, 0.25) is 0 Å². The monoisotopic (exact) mass is 602 g/mol. The van der Waals surface area contributed by atoms with E-state index in [9.17, 15) is 19.8 Å². The second-order valence-corrected chi connectivity index (χ2v) is 11.6. The lowest BCUT2D eigenvalue weighted by molar-refractivity contribution is -0.152. The number of allylic oxidation sites excluding steroid dienone is 9. The molecule has 0 aromatic rings. The van der Waals surface area contributed by atoms with Crippen molar-refractivity contribution in [3.63, 3.8) is 0 Å². The molecular weight excluding hydrogens is 540 g/mol. The Hall–Kier alpha value is -2.44. The Morgan fingerprint density at radius 2 is 1.09 bits per heavy atom. The maximum Gasteiger partial charge on any atom is 0.305 e. The Morgan fingerprint density at radius 3 is 1.65 bits per heavy atom. The third-order valence-corrected chi connectivity index (χ3v) is 6.80. The molecule has 0 amide bonds. The molecule has 246 valence electrons. The number of hydrogen-bond acceptors (Lipinski definition) is 6. The zero-order chi connectivity index (χ0) is 31.8. The zero-order valence-corrected chi connectivity index (χ0v) is 27.5. The van der Waals surface area contributed by atoms with Gasteiger partial charge < -0.3 is 19.7 Å². The van der Waals surface area contributed by atoms with Gasteiger partial charge in [-0.05, 0) is 50.9 Å². The number of carbonyl (C=O) groups is 2. The first-order valence-electron chi connectivity index (χ1n) is 16.8. The molecule has 0 saturated heterocycles. The third-order valence-electron chi connectivity index (χ3n) is 6.80. The molecule has 0 radical (unpaired) electrons. The zero-order valence-electron chi connectivity index (χ0n) is 27.5. The first kappa shape index (κ1) is 40.6. The second kappa shape index (κ2) is 31.0. The summed E-state index contributed by atoms with van der Waals surface area (Å²) in [5, 5.41) is 20.0. The van der Waals surface area contributed by atoms with Gasteiger partial charge in [0.05, 0.1) is 6.10 Å². The Bertz CT molecular complexity index is 808. The van der Waals surface area contributed by atoms with E-state index >= 15 is 0 Å². The first-order valence-corrected chi connectivity index (χ1v) is 16.8. The van der Waals surface area contributed by atoms with E-state index < -0.39 is 18.2 Å². The molecule has 0 saturated carbocycles. The van der Waals surface area contributed by atoms with Crippen molar-refractivity contribution in [2.75, 3.05) is 13.2 Å². The molecule has 0 aromatic carbocycles. The summed E-state index contributed by atoms with van der Waals surface area (Å²) in [6.07, 6.45) is 34.6. The summed E-state index contributed by atoms with van der Waals surface area (Å²) >= 11 is 0. The number of ether oxygens (including phenoxy) is 2. The van der Waals surface area contributed by atoms with E-state index in [4.69, 9.17) is 9.47 Å². The molecule has 2 atom stereocenters. The standard InChI is InChI=1S/C37H62O6/c1-4-5-6-7-8-9-10-11-12-13-17-20-23-27-34(38)28-25-30-37(41)43-32-35(39)31-42-36(40)29-24-21-18-15-14-16-19-22-26-33(2)3/h5-6,8-9,11-12,17,20,23,27,33-35,38-39H,4,7,10,13-16,18-19,21-22,24-26,28-32H2,1-3H3/b6-5-,9-8-,12-11-,20-17-,27-23+/t34?,35-/m0/s1. The third kappa shape index (κ3) is 32.3. The molecule has 43 heavy (non-hydrogen) atoms.